The zero-order valence-electron chi connectivity index (χ0n) is 8.60. The molecule has 1 aromatic rings. The lowest BCUT2D eigenvalue weighted by molar-refractivity contribution is -0.119. The summed E-state index contributed by atoms with van der Waals surface area (Å²) in [6.45, 7) is 0.866. The van der Waals surface area contributed by atoms with Crippen molar-refractivity contribution in [2.24, 2.45) is 5.73 Å². The average Bonchev–Trinajstić information content (AvgIpc) is 2.30. The van der Waals surface area contributed by atoms with Gasteiger partial charge in [0.15, 0.2) is 0 Å². The SMILES string of the molecule is NC(=O)C1CCCCN1c1ccccn1. The molecule has 4 nitrogen and oxygen atoms in total. The molecule has 0 bridgehead atoms. The molecule has 1 atom stereocenters. The summed E-state index contributed by atoms with van der Waals surface area (Å²) in [5.74, 6) is 0.598. The molecular weight excluding hydrogens is 190 g/mol. The molecule has 2 rings (SSSR count). The van der Waals surface area contributed by atoms with Crippen molar-refractivity contribution in [3.8, 4) is 0 Å². The molecule has 80 valence electrons. The highest BCUT2D eigenvalue weighted by Crippen LogP contribution is 2.22. The van der Waals surface area contributed by atoms with Crippen molar-refractivity contribution in [3.05, 3.63) is 24.4 Å². The largest absolute Gasteiger partial charge is 0.368 e. The van der Waals surface area contributed by atoms with E-state index in [4.69, 9.17) is 5.73 Å². The van der Waals surface area contributed by atoms with Gasteiger partial charge in [-0.2, -0.15) is 0 Å². The van der Waals surface area contributed by atoms with Crippen molar-refractivity contribution in [2.45, 2.75) is 25.3 Å². The number of carbonyl (C=O) groups excluding carboxylic acids is 1. The number of hydrogen-bond donors (Lipinski definition) is 1. The molecule has 0 aliphatic carbocycles. The first kappa shape index (κ1) is 9.96. The zero-order chi connectivity index (χ0) is 10.7. The molecule has 1 amide bonds. The summed E-state index contributed by atoms with van der Waals surface area (Å²) in [5, 5.41) is 0. The van der Waals surface area contributed by atoms with Gasteiger partial charge < -0.3 is 10.6 Å². The van der Waals surface area contributed by atoms with Gasteiger partial charge in [-0.1, -0.05) is 6.07 Å². The Bertz CT molecular complexity index is 339. The van der Waals surface area contributed by atoms with Crippen LogP contribution in [-0.4, -0.2) is 23.5 Å². The molecule has 1 aliphatic rings. The number of nitrogens with zero attached hydrogens (tertiary/aromatic N) is 2. The van der Waals surface area contributed by atoms with Crippen LogP contribution in [0, 0.1) is 0 Å². The Balaban J connectivity index is 2.22. The third-order valence-electron chi connectivity index (χ3n) is 2.77. The monoisotopic (exact) mass is 205 g/mol. The summed E-state index contributed by atoms with van der Waals surface area (Å²) in [4.78, 5) is 17.5. The lowest BCUT2D eigenvalue weighted by atomic mass is 10.0. The van der Waals surface area contributed by atoms with Gasteiger partial charge in [0.2, 0.25) is 5.91 Å². The summed E-state index contributed by atoms with van der Waals surface area (Å²) in [7, 11) is 0. The Morgan fingerprint density at radius 1 is 1.47 bits per heavy atom. The second-order valence-electron chi connectivity index (χ2n) is 3.80. The van der Waals surface area contributed by atoms with Crippen molar-refractivity contribution < 1.29 is 4.79 Å². The molecule has 1 aromatic heterocycles. The minimum Gasteiger partial charge on any atom is -0.368 e. The second kappa shape index (κ2) is 4.29. The van der Waals surface area contributed by atoms with E-state index in [2.05, 4.69) is 4.98 Å². The van der Waals surface area contributed by atoms with Crippen LogP contribution in [0.5, 0.6) is 0 Å². The van der Waals surface area contributed by atoms with Crippen LogP contribution in [0.1, 0.15) is 19.3 Å². The fourth-order valence-corrected chi connectivity index (χ4v) is 2.03. The Morgan fingerprint density at radius 2 is 2.33 bits per heavy atom. The fraction of sp³-hybridized carbons (Fsp3) is 0.455. The second-order valence-corrected chi connectivity index (χ2v) is 3.80. The Labute approximate surface area is 89.1 Å². The number of hydrogen-bond acceptors (Lipinski definition) is 3. The topological polar surface area (TPSA) is 59.2 Å². The molecule has 1 unspecified atom stereocenters. The van der Waals surface area contributed by atoms with Gasteiger partial charge >= 0.3 is 0 Å². The lowest BCUT2D eigenvalue weighted by Crippen LogP contribution is -2.48. The first-order valence-corrected chi connectivity index (χ1v) is 5.26. The van der Waals surface area contributed by atoms with Crippen molar-refractivity contribution in [1.29, 1.82) is 0 Å². The molecule has 2 heterocycles. The summed E-state index contributed by atoms with van der Waals surface area (Å²) in [5.41, 5.74) is 5.39. The molecule has 1 fully saturated rings. The third-order valence-corrected chi connectivity index (χ3v) is 2.77. The highest BCUT2D eigenvalue weighted by Gasteiger charge is 2.27. The Kier molecular flexibility index (Phi) is 2.85. The number of carbonyl (C=O) groups is 1. The number of amides is 1. The molecule has 0 spiro atoms. The highest BCUT2D eigenvalue weighted by molar-refractivity contribution is 5.83. The van der Waals surface area contributed by atoms with Crippen LogP contribution in [-0.2, 0) is 4.79 Å². The number of anilines is 1. The predicted molar refractivity (Wildman–Crippen MR) is 58.4 cm³/mol. The van der Waals surface area contributed by atoms with Crippen molar-refractivity contribution in [3.63, 3.8) is 0 Å². The third kappa shape index (κ3) is 2.09. The van der Waals surface area contributed by atoms with Gasteiger partial charge in [-0.15, -0.1) is 0 Å². The van der Waals surface area contributed by atoms with Crippen LogP contribution < -0.4 is 10.6 Å². The number of piperidine rings is 1. The van der Waals surface area contributed by atoms with Gasteiger partial charge in [0.05, 0.1) is 0 Å². The van der Waals surface area contributed by atoms with Gasteiger partial charge in [-0.05, 0) is 31.4 Å². The number of aromatic nitrogens is 1. The van der Waals surface area contributed by atoms with E-state index < -0.39 is 0 Å². The quantitative estimate of drug-likeness (QED) is 0.781. The number of pyridine rings is 1. The van der Waals surface area contributed by atoms with E-state index in [1.54, 1.807) is 6.20 Å². The molecule has 4 heteroatoms. The molecule has 1 aliphatic heterocycles. The molecule has 1 saturated heterocycles. The van der Waals surface area contributed by atoms with Crippen LogP contribution >= 0.6 is 0 Å². The van der Waals surface area contributed by atoms with Gasteiger partial charge in [-0.3, -0.25) is 4.79 Å². The Morgan fingerprint density at radius 3 is 3.00 bits per heavy atom. The van der Waals surface area contributed by atoms with E-state index in [-0.39, 0.29) is 11.9 Å². The van der Waals surface area contributed by atoms with Crippen LogP contribution in [0.2, 0.25) is 0 Å². The van der Waals surface area contributed by atoms with Crippen LogP contribution in [0.4, 0.5) is 5.82 Å². The van der Waals surface area contributed by atoms with Gasteiger partial charge in [0.1, 0.15) is 11.9 Å². The van der Waals surface area contributed by atoms with E-state index in [1.807, 2.05) is 23.1 Å². The smallest absolute Gasteiger partial charge is 0.240 e. The van der Waals surface area contributed by atoms with Crippen LogP contribution in [0.3, 0.4) is 0 Å². The molecule has 15 heavy (non-hydrogen) atoms. The standard InChI is InChI=1S/C11H15N3O/c12-11(15)9-5-2-4-8-14(9)10-6-1-3-7-13-10/h1,3,6-7,9H,2,4-5,8H2,(H2,12,15). The van der Waals surface area contributed by atoms with Crippen molar-refractivity contribution >= 4 is 11.7 Å². The molecule has 0 saturated carbocycles. The van der Waals surface area contributed by atoms with E-state index in [0.717, 1.165) is 31.6 Å². The number of primary amides is 1. The average molecular weight is 205 g/mol. The van der Waals surface area contributed by atoms with Gasteiger partial charge in [0.25, 0.3) is 0 Å². The molecular formula is C11H15N3O. The maximum atomic E-state index is 11.3. The van der Waals surface area contributed by atoms with Crippen molar-refractivity contribution in [2.75, 3.05) is 11.4 Å². The van der Waals surface area contributed by atoms with E-state index >= 15 is 0 Å². The molecule has 0 radical (unpaired) electrons. The number of rotatable bonds is 2. The fourth-order valence-electron chi connectivity index (χ4n) is 2.03. The molecule has 2 N–H and O–H groups in total. The summed E-state index contributed by atoms with van der Waals surface area (Å²) in [6, 6.07) is 5.52. The highest BCUT2D eigenvalue weighted by atomic mass is 16.1. The summed E-state index contributed by atoms with van der Waals surface area (Å²) in [6.07, 6.45) is 4.74. The minimum atomic E-state index is -0.250. The van der Waals surface area contributed by atoms with Gasteiger partial charge in [-0.25, -0.2) is 4.98 Å². The van der Waals surface area contributed by atoms with E-state index in [0.29, 0.717) is 0 Å². The summed E-state index contributed by atoms with van der Waals surface area (Å²) < 4.78 is 0. The van der Waals surface area contributed by atoms with E-state index in [9.17, 15) is 4.79 Å². The molecule has 0 aromatic carbocycles. The predicted octanol–water partition coefficient (Wildman–Crippen LogP) is 0.926. The van der Waals surface area contributed by atoms with Gasteiger partial charge in [0, 0.05) is 12.7 Å². The lowest BCUT2D eigenvalue weighted by Gasteiger charge is -2.34. The number of nitrogens with two attached hydrogens (primary N) is 1. The van der Waals surface area contributed by atoms with Crippen LogP contribution in [0.15, 0.2) is 24.4 Å². The Hall–Kier alpha value is -1.58. The summed E-state index contributed by atoms with van der Waals surface area (Å²) >= 11 is 0. The van der Waals surface area contributed by atoms with Crippen LogP contribution in [0.25, 0.3) is 0 Å². The normalized spacial score (nSPS) is 21.3. The maximum absolute atomic E-state index is 11.3. The maximum Gasteiger partial charge on any atom is 0.240 e. The first-order chi connectivity index (χ1) is 7.29. The first-order valence-electron chi connectivity index (χ1n) is 5.26. The zero-order valence-corrected chi connectivity index (χ0v) is 8.60. The van der Waals surface area contributed by atoms with Crippen molar-refractivity contribution in [1.82, 2.24) is 4.98 Å². The minimum absolute atomic E-state index is 0.186. The van der Waals surface area contributed by atoms with E-state index in [1.165, 1.54) is 0 Å².